The van der Waals surface area contributed by atoms with Crippen LogP contribution in [-0.2, 0) is 47.2 Å². The van der Waals surface area contributed by atoms with Crippen LogP contribution in [0.3, 0.4) is 0 Å². The Balaban J connectivity index is 0.00000767. The normalized spacial score (nSPS) is 18.3. The molecule has 0 aliphatic carbocycles. The molecule has 1 heterocycles. The summed E-state index contributed by atoms with van der Waals surface area (Å²) in [5.41, 5.74) is 0. The molecule has 1 amide bonds. The molecule has 1 aliphatic rings. The van der Waals surface area contributed by atoms with Crippen LogP contribution in [0, 0.1) is 0 Å². The van der Waals surface area contributed by atoms with Crippen molar-refractivity contribution in [3.8, 4) is 0 Å². The number of carbonyl (C=O) groups is 4. The van der Waals surface area contributed by atoms with Crippen LogP contribution in [0.1, 0.15) is 292 Å². The molecule has 0 aromatic rings. The number of hydrogen-bond acceptors (Lipinski definition) is 13. The van der Waals surface area contributed by atoms with Gasteiger partial charge in [-0.05, 0) is 58.2 Å². The summed E-state index contributed by atoms with van der Waals surface area (Å²) in [5.74, 6) is -2.33. The molecule has 0 unspecified atom stereocenters. The number of rotatable bonds is 50. The molecule has 77 heavy (non-hydrogen) atoms. The molecule has 16 nitrogen and oxygen atoms in total. The van der Waals surface area contributed by atoms with Crippen molar-refractivity contribution in [2.75, 3.05) is 26.2 Å². The van der Waals surface area contributed by atoms with Gasteiger partial charge < -0.3 is 49.2 Å². The maximum Gasteiger partial charge on any atom is 0.469 e. The lowest BCUT2D eigenvalue weighted by atomic mass is 9.96. The molecule has 1 aliphatic heterocycles. The molecular formula is C60H117N2O14P. The van der Waals surface area contributed by atoms with Gasteiger partial charge in [0.2, 0.25) is 5.91 Å². The molecule has 0 radical (unpaired) electrons. The van der Waals surface area contributed by atoms with E-state index in [9.17, 15) is 43.7 Å². The maximum absolute atomic E-state index is 13.8. The molecule has 7 atom stereocenters. The van der Waals surface area contributed by atoms with E-state index in [1.54, 1.807) is 0 Å². The first-order valence-corrected chi connectivity index (χ1v) is 32.9. The lowest BCUT2D eigenvalue weighted by molar-refractivity contribution is -0.258. The van der Waals surface area contributed by atoms with Crippen molar-refractivity contribution in [3.05, 3.63) is 0 Å². The number of phosphoric acid groups is 1. The number of nitrogens with one attached hydrogen (secondary N) is 1. The second kappa shape index (κ2) is 50.8. The molecule has 0 saturated carbocycles. The predicted molar refractivity (Wildman–Crippen MR) is 308 cm³/mol. The first-order chi connectivity index (χ1) is 37.1. The summed E-state index contributed by atoms with van der Waals surface area (Å²) in [7, 11) is -5.04. The van der Waals surface area contributed by atoms with E-state index in [0.29, 0.717) is 32.1 Å². The summed E-state index contributed by atoms with van der Waals surface area (Å²) < 4.78 is 39.3. The Hall–Kier alpha value is -2.17. The van der Waals surface area contributed by atoms with E-state index in [1.807, 2.05) is 0 Å². The van der Waals surface area contributed by atoms with Crippen LogP contribution in [0.25, 0.3) is 0 Å². The Morgan fingerprint density at radius 3 is 1.21 bits per heavy atom. The molecule has 5 N–H and O–H groups in total. The van der Waals surface area contributed by atoms with Gasteiger partial charge in [0.1, 0.15) is 30.5 Å². The average molecular weight is 1120 g/mol. The van der Waals surface area contributed by atoms with Crippen molar-refractivity contribution in [3.63, 3.8) is 0 Å². The summed E-state index contributed by atoms with van der Waals surface area (Å²) in [5, 5.41) is 25.4. The molecule has 0 aromatic heterocycles. The van der Waals surface area contributed by atoms with Crippen LogP contribution in [0.4, 0.5) is 0 Å². The number of aliphatic hydroxyl groups excluding tert-OH is 2. The number of amides is 1. The third kappa shape index (κ3) is 43.3. The molecule has 456 valence electrons. The third-order valence-electron chi connectivity index (χ3n) is 14.7. The van der Waals surface area contributed by atoms with Gasteiger partial charge in [-0.25, -0.2) is 4.57 Å². The standard InChI is InChI=1S/C54H102NO14P.C6H15N/c1-5-9-13-17-21-23-27-29-33-37-44(66-48(57)39-35-31-25-19-15-11-7-3)41-47(56)55-51-53(52(60)46(68-54(51)61)43-65-70(62,63)64)69-50(59)42-45(38-34-30-28-24-22-18-14-10-6-2)67-49(58)40-36-32-26-20-16-12-8-4;1-4-7(5-2)6-3/h44-46,51-54,60-61H,5-43H2,1-4H3,(H,55,56)(H2,62,63,64);4-6H2,1-3H3/t44-,45-,46-,51-,52-,53-,54-;/m1./s1. The largest absolute Gasteiger partial charge is 0.469 e. The lowest BCUT2D eigenvalue weighted by Crippen LogP contribution is -2.65. The highest BCUT2D eigenvalue weighted by Crippen LogP contribution is 2.37. The molecule has 1 saturated heterocycles. The van der Waals surface area contributed by atoms with Gasteiger partial charge in [0.05, 0.1) is 19.4 Å². The first kappa shape index (κ1) is 74.8. The predicted octanol–water partition coefficient (Wildman–Crippen LogP) is 13.6. The van der Waals surface area contributed by atoms with E-state index in [0.717, 1.165) is 103 Å². The van der Waals surface area contributed by atoms with Crippen LogP contribution in [0.15, 0.2) is 0 Å². The fraction of sp³-hybridized carbons (Fsp3) is 0.933. The van der Waals surface area contributed by atoms with Crippen molar-refractivity contribution in [1.29, 1.82) is 0 Å². The van der Waals surface area contributed by atoms with Gasteiger partial charge in [-0.1, -0.05) is 228 Å². The van der Waals surface area contributed by atoms with E-state index >= 15 is 0 Å². The lowest BCUT2D eigenvalue weighted by Gasteiger charge is -2.42. The zero-order valence-electron chi connectivity index (χ0n) is 50.0. The highest BCUT2D eigenvalue weighted by atomic mass is 31.2. The quantitative estimate of drug-likeness (QED) is 0.0165. The second-order valence-electron chi connectivity index (χ2n) is 21.6. The topological polar surface area (TPSA) is 228 Å². The fourth-order valence-corrected chi connectivity index (χ4v) is 10.1. The Morgan fingerprint density at radius 1 is 0.506 bits per heavy atom. The average Bonchev–Trinajstić information content (AvgIpc) is 3.39. The smallest absolute Gasteiger partial charge is 0.462 e. The summed E-state index contributed by atoms with van der Waals surface area (Å²) in [6.07, 6.45) is 26.1. The molecule has 17 heteroatoms. The third-order valence-corrected chi connectivity index (χ3v) is 15.2. The number of hydrogen-bond donors (Lipinski definition) is 5. The van der Waals surface area contributed by atoms with Crippen molar-refractivity contribution in [1.82, 2.24) is 10.2 Å². The Kier molecular flexibility index (Phi) is 49.3. The Bertz CT molecular complexity index is 1460. The van der Waals surface area contributed by atoms with Gasteiger partial charge >= 0.3 is 25.7 Å². The summed E-state index contributed by atoms with van der Waals surface area (Å²) >= 11 is 0. The van der Waals surface area contributed by atoms with Crippen LogP contribution < -0.4 is 5.32 Å². The SMILES string of the molecule is CCCCCCCCCCC[C@H](CC(=O)N[C@@H]1[C@@H](OC(=O)C[C@@H](CCCCCCCCCCC)OC(=O)CCCCCCCCC)[C@H](O)[C@@H](COP(=O)(O)O)O[C@H]1O)OC(=O)CCCCCCCCC.CCN(CC)CC. The minimum Gasteiger partial charge on any atom is -0.462 e. The van der Waals surface area contributed by atoms with E-state index in [2.05, 4.69) is 63.2 Å². The minimum atomic E-state index is -5.04. The van der Waals surface area contributed by atoms with E-state index in [4.69, 9.17) is 18.9 Å². The van der Waals surface area contributed by atoms with E-state index < -0.39 is 81.1 Å². The van der Waals surface area contributed by atoms with Crippen LogP contribution >= 0.6 is 7.82 Å². The van der Waals surface area contributed by atoms with Crippen LogP contribution in [-0.4, -0.2) is 118 Å². The number of unbranched alkanes of at least 4 members (excludes halogenated alkanes) is 28. The van der Waals surface area contributed by atoms with Gasteiger partial charge in [-0.3, -0.25) is 23.7 Å². The molecular weight excluding hydrogens is 1000 g/mol. The molecule has 0 aromatic carbocycles. The van der Waals surface area contributed by atoms with Crippen LogP contribution in [0.5, 0.6) is 0 Å². The second-order valence-corrected chi connectivity index (χ2v) is 22.9. The van der Waals surface area contributed by atoms with Gasteiger partial charge in [0, 0.05) is 12.8 Å². The summed E-state index contributed by atoms with van der Waals surface area (Å²) in [6.45, 7) is 18.0. The van der Waals surface area contributed by atoms with Crippen molar-refractivity contribution < 1.29 is 67.2 Å². The summed E-state index contributed by atoms with van der Waals surface area (Å²) in [4.78, 5) is 75.0. The maximum atomic E-state index is 13.8. The van der Waals surface area contributed by atoms with Gasteiger partial charge in [0.25, 0.3) is 0 Å². The van der Waals surface area contributed by atoms with Crippen molar-refractivity contribution in [2.45, 2.75) is 335 Å². The molecule has 0 bridgehead atoms. The van der Waals surface area contributed by atoms with Gasteiger partial charge in [0.15, 0.2) is 12.4 Å². The number of esters is 3. The van der Waals surface area contributed by atoms with Crippen LogP contribution in [0.2, 0.25) is 0 Å². The van der Waals surface area contributed by atoms with Gasteiger partial charge in [-0.15, -0.1) is 0 Å². The van der Waals surface area contributed by atoms with Crippen molar-refractivity contribution >= 4 is 31.6 Å². The minimum absolute atomic E-state index is 0.214. The van der Waals surface area contributed by atoms with E-state index in [-0.39, 0.29) is 25.7 Å². The van der Waals surface area contributed by atoms with Crippen molar-refractivity contribution in [2.24, 2.45) is 0 Å². The monoisotopic (exact) mass is 1120 g/mol. The Labute approximate surface area is 469 Å². The zero-order chi connectivity index (χ0) is 57.4. The molecule has 1 fully saturated rings. The Morgan fingerprint density at radius 2 is 0.857 bits per heavy atom. The number of carbonyl (C=O) groups excluding carboxylic acids is 4. The number of phosphoric ester groups is 1. The molecule has 0 spiro atoms. The van der Waals surface area contributed by atoms with E-state index in [1.165, 1.54) is 103 Å². The highest BCUT2D eigenvalue weighted by Gasteiger charge is 2.48. The zero-order valence-corrected chi connectivity index (χ0v) is 50.9. The highest BCUT2D eigenvalue weighted by molar-refractivity contribution is 7.46. The number of nitrogens with zero attached hydrogens (tertiary/aromatic N) is 1. The van der Waals surface area contributed by atoms with Gasteiger partial charge in [-0.2, -0.15) is 0 Å². The summed E-state index contributed by atoms with van der Waals surface area (Å²) in [6, 6.07) is -1.54. The number of ether oxygens (including phenoxy) is 4. The molecule has 1 rings (SSSR count). The number of aliphatic hydroxyl groups is 2. The first-order valence-electron chi connectivity index (χ1n) is 31.4. The fourth-order valence-electron chi connectivity index (χ4n) is 9.76.